The van der Waals surface area contributed by atoms with Crippen molar-refractivity contribution in [1.82, 2.24) is 4.98 Å². The monoisotopic (exact) mass is 185 g/mol. The smallest absolute Gasteiger partial charge is 0.308 e. The van der Waals surface area contributed by atoms with E-state index in [0.29, 0.717) is 0 Å². The van der Waals surface area contributed by atoms with Crippen LogP contribution in [0.25, 0.3) is 0 Å². The Bertz CT molecular complexity index is 327. The van der Waals surface area contributed by atoms with Gasteiger partial charge in [0.25, 0.3) is 0 Å². The van der Waals surface area contributed by atoms with Crippen LogP contribution in [0.3, 0.4) is 0 Å². The molecule has 0 aliphatic heterocycles. The zero-order valence-corrected chi connectivity index (χ0v) is 6.95. The maximum absolute atomic E-state index is 12.6. The Hall–Kier alpha value is -1.65. The van der Waals surface area contributed by atoms with E-state index in [2.05, 4.69) is 4.98 Å². The number of hydrogen-bond donors (Lipinski definition) is 1. The molecule has 0 spiro atoms. The van der Waals surface area contributed by atoms with Crippen LogP contribution in [0.15, 0.2) is 12.3 Å². The molecule has 13 heavy (non-hydrogen) atoms. The molecular weight excluding hydrogens is 177 g/mol. The Balaban J connectivity index is 3.01. The Morgan fingerprint density at radius 1 is 1.77 bits per heavy atom. The van der Waals surface area contributed by atoms with Crippen molar-refractivity contribution < 1.29 is 19.0 Å². The van der Waals surface area contributed by atoms with E-state index >= 15 is 0 Å². The molecule has 0 fully saturated rings. The summed E-state index contributed by atoms with van der Waals surface area (Å²) in [5.74, 6) is -1.48. The standard InChI is InChI=1S/C8H8FNO3/c1-13-8-5(3-7(11)12)2-6(9)4-10-8/h2,4H,3H2,1H3,(H,11,12). The highest BCUT2D eigenvalue weighted by Crippen LogP contribution is 2.15. The highest BCUT2D eigenvalue weighted by molar-refractivity contribution is 5.70. The number of rotatable bonds is 3. The van der Waals surface area contributed by atoms with Gasteiger partial charge in [-0.2, -0.15) is 0 Å². The van der Waals surface area contributed by atoms with Crippen LogP contribution in [0.2, 0.25) is 0 Å². The van der Waals surface area contributed by atoms with Crippen molar-refractivity contribution >= 4 is 5.97 Å². The van der Waals surface area contributed by atoms with E-state index in [9.17, 15) is 9.18 Å². The second-order valence-electron chi connectivity index (χ2n) is 2.39. The highest BCUT2D eigenvalue weighted by atomic mass is 19.1. The van der Waals surface area contributed by atoms with Crippen LogP contribution >= 0.6 is 0 Å². The van der Waals surface area contributed by atoms with Gasteiger partial charge >= 0.3 is 5.97 Å². The van der Waals surface area contributed by atoms with Crippen molar-refractivity contribution in [2.24, 2.45) is 0 Å². The first-order valence-corrected chi connectivity index (χ1v) is 3.53. The molecule has 1 aromatic rings. The maximum Gasteiger partial charge on any atom is 0.308 e. The zero-order valence-electron chi connectivity index (χ0n) is 6.95. The second kappa shape index (κ2) is 3.84. The topological polar surface area (TPSA) is 59.4 Å². The summed E-state index contributed by atoms with van der Waals surface area (Å²) in [7, 11) is 1.35. The Morgan fingerprint density at radius 2 is 2.46 bits per heavy atom. The van der Waals surface area contributed by atoms with E-state index in [4.69, 9.17) is 9.84 Å². The average molecular weight is 185 g/mol. The molecule has 0 amide bonds. The summed E-state index contributed by atoms with van der Waals surface area (Å²) in [5, 5.41) is 8.47. The van der Waals surface area contributed by atoms with E-state index < -0.39 is 11.8 Å². The molecule has 0 radical (unpaired) electrons. The molecule has 0 aliphatic carbocycles. The number of carboxylic acids is 1. The quantitative estimate of drug-likeness (QED) is 0.758. The van der Waals surface area contributed by atoms with Crippen LogP contribution in [0.1, 0.15) is 5.56 Å². The lowest BCUT2D eigenvalue weighted by Gasteiger charge is -2.03. The third kappa shape index (κ3) is 2.40. The Kier molecular flexibility index (Phi) is 2.79. The molecule has 0 saturated heterocycles. The lowest BCUT2D eigenvalue weighted by Crippen LogP contribution is -2.04. The minimum absolute atomic E-state index is 0.142. The summed E-state index contributed by atoms with van der Waals surface area (Å²) in [6.07, 6.45) is 0.679. The van der Waals surface area contributed by atoms with Gasteiger partial charge in [-0.3, -0.25) is 4.79 Å². The first-order chi connectivity index (χ1) is 6.13. The summed E-state index contributed by atoms with van der Waals surface area (Å²) >= 11 is 0. The first-order valence-electron chi connectivity index (χ1n) is 3.53. The summed E-state index contributed by atoms with van der Waals surface area (Å²) in [5.41, 5.74) is 0.231. The second-order valence-corrected chi connectivity index (χ2v) is 2.39. The molecule has 1 N–H and O–H groups in total. The van der Waals surface area contributed by atoms with E-state index in [1.807, 2.05) is 0 Å². The molecule has 1 aromatic heterocycles. The molecular formula is C8H8FNO3. The van der Waals surface area contributed by atoms with Gasteiger partial charge in [-0.1, -0.05) is 0 Å². The Morgan fingerprint density at radius 3 is 3.00 bits per heavy atom. The SMILES string of the molecule is COc1ncc(F)cc1CC(=O)O. The number of carboxylic acid groups (broad SMARTS) is 1. The normalized spacial score (nSPS) is 9.69. The molecule has 0 unspecified atom stereocenters. The van der Waals surface area contributed by atoms with Gasteiger partial charge in [0.1, 0.15) is 5.82 Å². The molecule has 0 aliphatic rings. The fourth-order valence-corrected chi connectivity index (χ4v) is 0.942. The first kappa shape index (κ1) is 9.44. The number of aromatic nitrogens is 1. The average Bonchev–Trinajstić information content (AvgIpc) is 2.03. The summed E-state index contributed by atoms with van der Waals surface area (Å²) in [6.45, 7) is 0. The van der Waals surface area contributed by atoms with Crippen LogP contribution in [0.4, 0.5) is 4.39 Å². The molecule has 1 rings (SSSR count). The maximum atomic E-state index is 12.6. The molecule has 0 atom stereocenters. The molecule has 4 nitrogen and oxygen atoms in total. The predicted molar refractivity (Wildman–Crippen MR) is 42.1 cm³/mol. The minimum Gasteiger partial charge on any atom is -0.481 e. The van der Waals surface area contributed by atoms with Gasteiger partial charge < -0.3 is 9.84 Å². The number of aliphatic carboxylic acids is 1. The van der Waals surface area contributed by atoms with Gasteiger partial charge in [0.15, 0.2) is 0 Å². The fourth-order valence-electron chi connectivity index (χ4n) is 0.942. The minimum atomic E-state index is -1.05. The van der Waals surface area contributed by atoms with Crippen molar-refractivity contribution in [3.8, 4) is 5.88 Å². The molecule has 0 bridgehead atoms. The van der Waals surface area contributed by atoms with E-state index in [1.54, 1.807) is 0 Å². The summed E-state index contributed by atoms with van der Waals surface area (Å²) in [4.78, 5) is 13.9. The lowest BCUT2D eigenvalue weighted by atomic mass is 10.2. The highest BCUT2D eigenvalue weighted by Gasteiger charge is 2.09. The van der Waals surface area contributed by atoms with Crippen molar-refractivity contribution in [1.29, 1.82) is 0 Å². The third-order valence-corrected chi connectivity index (χ3v) is 1.43. The van der Waals surface area contributed by atoms with Gasteiger partial charge in [-0.15, -0.1) is 0 Å². The van der Waals surface area contributed by atoms with Crippen molar-refractivity contribution in [2.45, 2.75) is 6.42 Å². The predicted octanol–water partition coefficient (Wildman–Crippen LogP) is 0.856. The number of halogens is 1. The van der Waals surface area contributed by atoms with Crippen LogP contribution in [-0.2, 0) is 11.2 Å². The molecule has 1 heterocycles. The number of carbonyl (C=O) groups is 1. The molecule has 70 valence electrons. The number of nitrogens with zero attached hydrogens (tertiary/aromatic N) is 1. The van der Waals surface area contributed by atoms with Crippen LogP contribution in [0, 0.1) is 5.82 Å². The van der Waals surface area contributed by atoms with E-state index in [1.165, 1.54) is 7.11 Å². The van der Waals surface area contributed by atoms with Gasteiger partial charge in [0.2, 0.25) is 5.88 Å². The van der Waals surface area contributed by atoms with Crippen molar-refractivity contribution in [3.63, 3.8) is 0 Å². The Labute approximate surface area is 74.0 Å². The third-order valence-electron chi connectivity index (χ3n) is 1.43. The van der Waals surface area contributed by atoms with E-state index in [0.717, 1.165) is 12.3 Å². The van der Waals surface area contributed by atoms with Crippen molar-refractivity contribution in [3.05, 3.63) is 23.6 Å². The summed E-state index contributed by atoms with van der Waals surface area (Å²) in [6, 6.07) is 1.10. The molecule has 5 heteroatoms. The number of pyridine rings is 1. The number of methoxy groups -OCH3 is 1. The van der Waals surface area contributed by atoms with Crippen LogP contribution in [0.5, 0.6) is 5.88 Å². The fraction of sp³-hybridized carbons (Fsp3) is 0.250. The van der Waals surface area contributed by atoms with Crippen molar-refractivity contribution in [2.75, 3.05) is 7.11 Å². The number of ether oxygens (including phenoxy) is 1. The van der Waals surface area contributed by atoms with E-state index in [-0.39, 0.29) is 17.9 Å². The largest absolute Gasteiger partial charge is 0.481 e. The van der Waals surface area contributed by atoms with Gasteiger partial charge in [-0.25, -0.2) is 9.37 Å². The van der Waals surface area contributed by atoms with Gasteiger partial charge in [-0.05, 0) is 6.07 Å². The van der Waals surface area contributed by atoms with Gasteiger partial charge in [0.05, 0.1) is 19.7 Å². The molecule has 0 aromatic carbocycles. The molecule has 0 saturated carbocycles. The number of hydrogen-bond acceptors (Lipinski definition) is 3. The zero-order chi connectivity index (χ0) is 9.84. The van der Waals surface area contributed by atoms with Gasteiger partial charge in [0, 0.05) is 5.56 Å². The van der Waals surface area contributed by atoms with Crippen LogP contribution in [-0.4, -0.2) is 23.2 Å². The summed E-state index contributed by atoms with van der Waals surface area (Å²) < 4.78 is 17.4. The lowest BCUT2D eigenvalue weighted by molar-refractivity contribution is -0.136. The van der Waals surface area contributed by atoms with Crippen LogP contribution < -0.4 is 4.74 Å².